The van der Waals surface area contributed by atoms with Crippen LogP contribution in [-0.4, -0.2) is 5.78 Å². The first-order valence-electron chi connectivity index (χ1n) is 5.50. The number of hydrogen-bond donors (Lipinski definition) is 0. The van der Waals surface area contributed by atoms with Crippen LogP contribution in [0.15, 0.2) is 53.0 Å². The highest BCUT2D eigenvalue weighted by Crippen LogP contribution is 2.23. The summed E-state index contributed by atoms with van der Waals surface area (Å²) in [6.07, 6.45) is 3.18. The van der Waals surface area contributed by atoms with Crippen LogP contribution in [0.3, 0.4) is 0 Å². The normalized spacial score (nSPS) is 10.9. The van der Waals surface area contributed by atoms with Crippen molar-refractivity contribution in [3.05, 3.63) is 74.2 Å². The van der Waals surface area contributed by atoms with Gasteiger partial charge in [0.05, 0.1) is 0 Å². The summed E-state index contributed by atoms with van der Waals surface area (Å²) in [7, 11) is 0. The van der Waals surface area contributed by atoms with Gasteiger partial charge in [-0.1, -0.05) is 57.3 Å². The molecule has 0 amide bonds. The van der Waals surface area contributed by atoms with Gasteiger partial charge in [0, 0.05) is 20.1 Å². The summed E-state index contributed by atoms with van der Waals surface area (Å²) in [5.41, 5.74) is 1.37. The van der Waals surface area contributed by atoms with Crippen molar-refractivity contribution in [3.63, 3.8) is 0 Å². The van der Waals surface area contributed by atoms with Crippen LogP contribution in [0.25, 0.3) is 6.08 Å². The Bertz CT molecular complexity index is 650. The van der Waals surface area contributed by atoms with Gasteiger partial charge in [-0.25, -0.2) is 0 Å². The first kappa shape index (κ1) is 14.3. The maximum Gasteiger partial charge on any atom is 0.186 e. The molecule has 0 unspecified atom stereocenters. The van der Waals surface area contributed by atoms with Gasteiger partial charge >= 0.3 is 0 Å². The van der Waals surface area contributed by atoms with Gasteiger partial charge in [-0.2, -0.15) is 0 Å². The second-order valence-corrected chi connectivity index (χ2v) is 5.54. The number of hydrogen-bond acceptors (Lipinski definition) is 1. The van der Waals surface area contributed by atoms with Gasteiger partial charge in [0.2, 0.25) is 0 Å². The van der Waals surface area contributed by atoms with E-state index in [1.165, 1.54) is 6.08 Å². The van der Waals surface area contributed by atoms with Gasteiger partial charge in [-0.05, 0) is 42.0 Å². The van der Waals surface area contributed by atoms with Gasteiger partial charge in [-0.15, -0.1) is 0 Å². The molecule has 0 heterocycles. The quantitative estimate of drug-likeness (QED) is 0.513. The van der Waals surface area contributed by atoms with Gasteiger partial charge < -0.3 is 0 Å². The van der Waals surface area contributed by atoms with Crippen LogP contribution in [0, 0.1) is 0 Å². The van der Waals surface area contributed by atoms with Crippen LogP contribution in [-0.2, 0) is 0 Å². The molecular weight excluding hydrogens is 347 g/mol. The second kappa shape index (κ2) is 6.38. The van der Waals surface area contributed by atoms with Crippen molar-refractivity contribution in [1.82, 2.24) is 0 Å². The van der Waals surface area contributed by atoms with Crippen LogP contribution in [0.2, 0.25) is 10.0 Å². The maximum atomic E-state index is 12.0. The Morgan fingerprint density at radius 2 is 1.84 bits per heavy atom. The lowest BCUT2D eigenvalue weighted by atomic mass is 10.1. The monoisotopic (exact) mass is 354 g/mol. The summed E-state index contributed by atoms with van der Waals surface area (Å²) in [5.74, 6) is -0.0847. The van der Waals surface area contributed by atoms with E-state index in [-0.39, 0.29) is 5.78 Å². The molecule has 19 heavy (non-hydrogen) atoms. The van der Waals surface area contributed by atoms with Crippen LogP contribution in [0.1, 0.15) is 15.9 Å². The SMILES string of the molecule is O=C(C=Cc1ccc(Cl)cc1Cl)c1ccccc1Br. The molecule has 4 heteroatoms. The smallest absolute Gasteiger partial charge is 0.186 e. The molecule has 2 aromatic rings. The molecule has 0 aromatic heterocycles. The number of halogens is 3. The van der Waals surface area contributed by atoms with E-state index in [1.807, 2.05) is 18.2 Å². The molecule has 0 saturated heterocycles. The first-order valence-corrected chi connectivity index (χ1v) is 7.05. The highest BCUT2D eigenvalue weighted by atomic mass is 79.9. The van der Waals surface area contributed by atoms with Crippen molar-refractivity contribution in [2.75, 3.05) is 0 Å². The average Bonchev–Trinajstić information content (AvgIpc) is 2.38. The fourth-order valence-corrected chi connectivity index (χ4v) is 2.50. The zero-order chi connectivity index (χ0) is 13.8. The highest BCUT2D eigenvalue weighted by molar-refractivity contribution is 9.10. The molecule has 0 atom stereocenters. The Hall–Kier alpha value is -1.09. The number of ketones is 1. The van der Waals surface area contributed by atoms with E-state index in [9.17, 15) is 4.79 Å². The molecule has 0 N–H and O–H groups in total. The van der Waals surface area contributed by atoms with Crippen molar-refractivity contribution < 1.29 is 4.79 Å². The number of allylic oxidation sites excluding steroid dienone is 1. The number of carbonyl (C=O) groups is 1. The summed E-state index contributed by atoms with van der Waals surface area (Å²) in [5, 5.41) is 1.09. The van der Waals surface area contributed by atoms with Crippen LogP contribution < -0.4 is 0 Å². The molecule has 0 bridgehead atoms. The summed E-state index contributed by atoms with van der Waals surface area (Å²) < 4.78 is 0.770. The molecular formula is C15H9BrCl2O. The molecule has 0 radical (unpaired) electrons. The van der Waals surface area contributed by atoms with Crippen molar-refractivity contribution in [2.45, 2.75) is 0 Å². The third kappa shape index (κ3) is 3.69. The molecule has 96 valence electrons. The van der Waals surface area contributed by atoms with Crippen molar-refractivity contribution in [1.29, 1.82) is 0 Å². The molecule has 2 aromatic carbocycles. The summed E-state index contributed by atoms with van der Waals surface area (Å²) in [4.78, 5) is 12.0. The zero-order valence-electron chi connectivity index (χ0n) is 9.74. The minimum absolute atomic E-state index is 0.0847. The lowest BCUT2D eigenvalue weighted by Gasteiger charge is -2.00. The van der Waals surface area contributed by atoms with Crippen LogP contribution in [0.4, 0.5) is 0 Å². The summed E-state index contributed by atoms with van der Waals surface area (Å²) in [6.45, 7) is 0. The average molecular weight is 356 g/mol. The summed E-state index contributed by atoms with van der Waals surface area (Å²) >= 11 is 15.2. The van der Waals surface area contributed by atoms with Gasteiger partial charge in [0.25, 0.3) is 0 Å². The van der Waals surface area contributed by atoms with E-state index in [4.69, 9.17) is 23.2 Å². The Morgan fingerprint density at radius 1 is 1.11 bits per heavy atom. The largest absolute Gasteiger partial charge is 0.289 e. The van der Waals surface area contributed by atoms with E-state index in [2.05, 4.69) is 15.9 Å². The predicted molar refractivity (Wildman–Crippen MR) is 84.0 cm³/mol. The summed E-state index contributed by atoms with van der Waals surface area (Å²) in [6, 6.07) is 12.4. The molecule has 2 rings (SSSR count). The number of rotatable bonds is 3. The van der Waals surface area contributed by atoms with Gasteiger partial charge in [0.15, 0.2) is 5.78 Å². The third-order valence-corrected chi connectivity index (χ3v) is 3.77. The Morgan fingerprint density at radius 3 is 2.53 bits per heavy atom. The van der Waals surface area contributed by atoms with Gasteiger partial charge in [-0.3, -0.25) is 4.79 Å². The first-order chi connectivity index (χ1) is 9.08. The lowest BCUT2D eigenvalue weighted by molar-refractivity contribution is 0.104. The fraction of sp³-hybridized carbons (Fsp3) is 0. The Labute approximate surface area is 130 Å². The minimum Gasteiger partial charge on any atom is -0.289 e. The molecule has 0 aliphatic rings. The van der Waals surface area contributed by atoms with Crippen molar-refractivity contribution in [3.8, 4) is 0 Å². The number of carbonyl (C=O) groups excluding carboxylic acids is 1. The van der Waals surface area contributed by atoms with E-state index in [0.717, 1.165) is 10.0 Å². The van der Waals surface area contributed by atoms with E-state index in [1.54, 1.807) is 30.3 Å². The van der Waals surface area contributed by atoms with Crippen LogP contribution in [0.5, 0.6) is 0 Å². The topological polar surface area (TPSA) is 17.1 Å². The van der Waals surface area contributed by atoms with Crippen LogP contribution >= 0.6 is 39.1 Å². The molecule has 1 nitrogen and oxygen atoms in total. The van der Waals surface area contributed by atoms with E-state index in [0.29, 0.717) is 15.6 Å². The highest BCUT2D eigenvalue weighted by Gasteiger charge is 2.06. The van der Waals surface area contributed by atoms with E-state index >= 15 is 0 Å². The standard InChI is InChI=1S/C15H9BrCl2O/c16-13-4-2-1-3-12(13)15(19)8-6-10-5-7-11(17)9-14(10)18/h1-9H. The maximum absolute atomic E-state index is 12.0. The molecule has 0 saturated carbocycles. The lowest BCUT2D eigenvalue weighted by Crippen LogP contribution is -1.95. The zero-order valence-corrected chi connectivity index (χ0v) is 12.8. The molecule has 0 aliphatic carbocycles. The van der Waals surface area contributed by atoms with Crippen molar-refractivity contribution in [2.24, 2.45) is 0 Å². The second-order valence-electron chi connectivity index (χ2n) is 3.84. The van der Waals surface area contributed by atoms with Gasteiger partial charge in [0.1, 0.15) is 0 Å². The van der Waals surface area contributed by atoms with Crippen molar-refractivity contribution >= 4 is 51.0 Å². The van der Waals surface area contributed by atoms with E-state index < -0.39 is 0 Å². The molecule has 0 fully saturated rings. The predicted octanol–water partition coefficient (Wildman–Crippen LogP) is 5.65. The third-order valence-electron chi connectivity index (χ3n) is 2.52. The fourth-order valence-electron chi connectivity index (χ4n) is 1.55. The Balaban J connectivity index is 2.24. The molecule has 0 spiro atoms. The minimum atomic E-state index is -0.0847. The molecule has 0 aliphatic heterocycles. The number of benzene rings is 2. The Kier molecular flexibility index (Phi) is 4.81.